The van der Waals surface area contributed by atoms with Crippen LogP contribution in [0, 0.1) is 0 Å². The Balaban J connectivity index is 1.76. The van der Waals surface area contributed by atoms with E-state index in [0.29, 0.717) is 0 Å². The van der Waals surface area contributed by atoms with Crippen LogP contribution < -0.4 is 13.3 Å². The highest BCUT2D eigenvalue weighted by Gasteiger charge is 2.56. The molecular formula is C23H20O3Si. The van der Waals surface area contributed by atoms with Crippen LogP contribution >= 0.6 is 0 Å². The summed E-state index contributed by atoms with van der Waals surface area (Å²) in [6, 6.07) is 29.1. The van der Waals surface area contributed by atoms with E-state index >= 15 is 0 Å². The fourth-order valence-electron chi connectivity index (χ4n) is 2.89. The molecule has 1 aliphatic rings. The fourth-order valence-corrected chi connectivity index (χ4v) is 5.51. The first-order valence-corrected chi connectivity index (χ1v) is 10.7. The molecule has 0 N–H and O–H groups in total. The van der Waals surface area contributed by atoms with Gasteiger partial charge in [-0.25, -0.2) is 0 Å². The van der Waals surface area contributed by atoms with Gasteiger partial charge in [0.05, 0.1) is 0 Å². The van der Waals surface area contributed by atoms with E-state index in [1.54, 1.807) is 0 Å². The minimum atomic E-state index is -3.26. The second-order valence-electron chi connectivity index (χ2n) is 6.14. The second-order valence-corrected chi connectivity index (χ2v) is 8.63. The third-order valence-electron chi connectivity index (χ3n) is 4.17. The summed E-state index contributed by atoms with van der Waals surface area (Å²) >= 11 is 0. The first-order valence-electron chi connectivity index (χ1n) is 8.91. The van der Waals surface area contributed by atoms with Gasteiger partial charge in [-0.1, -0.05) is 78.9 Å². The molecule has 0 heterocycles. The summed E-state index contributed by atoms with van der Waals surface area (Å²) in [5.41, 5.74) is -0.0851. The lowest BCUT2D eigenvalue weighted by Crippen LogP contribution is -2.57. The Kier molecular flexibility index (Phi) is 5.07. The highest BCUT2D eigenvalue weighted by atomic mass is 28.4. The number of para-hydroxylation sites is 3. The number of hydrogen-bond donors (Lipinski definition) is 0. The highest BCUT2D eigenvalue weighted by Crippen LogP contribution is 2.35. The fraction of sp³-hybridized carbons (Fsp3) is 0.0435. The van der Waals surface area contributed by atoms with E-state index in [1.165, 1.54) is 0 Å². The molecule has 0 aromatic heterocycles. The average molecular weight is 372 g/mol. The molecule has 0 saturated heterocycles. The van der Waals surface area contributed by atoms with E-state index in [4.69, 9.17) is 13.3 Å². The molecule has 0 amide bonds. The van der Waals surface area contributed by atoms with Gasteiger partial charge in [0.25, 0.3) is 0 Å². The van der Waals surface area contributed by atoms with Gasteiger partial charge in [-0.05, 0) is 36.4 Å². The first-order chi connectivity index (χ1) is 13.3. The van der Waals surface area contributed by atoms with Crippen LogP contribution in [0.2, 0.25) is 5.54 Å². The minimum absolute atomic E-state index is 0.0851. The normalized spacial score (nSPS) is 13.5. The van der Waals surface area contributed by atoms with Crippen molar-refractivity contribution in [2.24, 2.45) is 0 Å². The molecule has 0 unspecified atom stereocenters. The standard InChI is InChI=1S/C23H20O3Si/c1-4-12-20(13-5-1)24-27(23-18-10-11-19-23,25-21-14-6-2-7-15-21)26-22-16-8-3-9-17-22/h1-19,23H. The maximum absolute atomic E-state index is 6.49. The predicted octanol–water partition coefficient (Wildman–Crippen LogP) is 5.66. The Morgan fingerprint density at radius 1 is 0.481 bits per heavy atom. The van der Waals surface area contributed by atoms with Crippen molar-refractivity contribution in [2.75, 3.05) is 0 Å². The number of allylic oxidation sites excluding steroid dienone is 4. The van der Waals surface area contributed by atoms with Crippen molar-refractivity contribution >= 4 is 8.80 Å². The number of hydrogen-bond acceptors (Lipinski definition) is 3. The average Bonchev–Trinajstić information content (AvgIpc) is 3.26. The number of rotatable bonds is 7. The molecule has 0 spiro atoms. The zero-order valence-corrected chi connectivity index (χ0v) is 15.8. The van der Waals surface area contributed by atoms with Gasteiger partial charge in [-0.15, -0.1) is 0 Å². The van der Waals surface area contributed by atoms with E-state index in [-0.39, 0.29) is 5.54 Å². The molecule has 0 fully saturated rings. The Labute approximate surface area is 160 Å². The third-order valence-corrected chi connectivity index (χ3v) is 6.93. The molecule has 3 aromatic carbocycles. The van der Waals surface area contributed by atoms with E-state index in [0.717, 1.165) is 17.2 Å². The molecule has 134 valence electrons. The van der Waals surface area contributed by atoms with Crippen molar-refractivity contribution in [1.82, 2.24) is 0 Å². The van der Waals surface area contributed by atoms with Crippen molar-refractivity contribution < 1.29 is 13.3 Å². The van der Waals surface area contributed by atoms with Crippen molar-refractivity contribution in [3.63, 3.8) is 0 Å². The topological polar surface area (TPSA) is 27.7 Å². The Morgan fingerprint density at radius 3 is 1.15 bits per heavy atom. The maximum atomic E-state index is 6.49. The predicted molar refractivity (Wildman–Crippen MR) is 109 cm³/mol. The summed E-state index contributed by atoms with van der Waals surface area (Å²) in [6.07, 6.45) is 8.15. The molecule has 0 saturated carbocycles. The zero-order chi connectivity index (χ0) is 18.4. The van der Waals surface area contributed by atoms with Crippen molar-refractivity contribution in [1.29, 1.82) is 0 Å². The van der Waals surface area contributed by atoms with Gasteiger partial charge in [0.1, 0.15) is 22.8 Å². The monoisotopic (exact) mass is 372 g/mol. The van der Waals surface area contributed by atoms with Crippen LogP contribution in [0.4, 0.5) is 0 Å². The lowest BCUT2D eigenvalue weighted by Gasteiger charge is -2.33. The van der Waals surface area contributed by atoms with Gasteiger partial charge in [-0.3, -0.25) is 0 Å². The van der Waals surface area contributed by atoms with E-state index in [1.807, 2.05) is 103 Å². The van der Waals surface area contributed by atoms with E-state index in [9.17, 15) is 0 Å². The largest absolute Gasteiger partial charge is 0.710 e. The molecule has 4 rings (SSSR count). The molecule has 0 radical (unpaired) electrons. The molecule has 4 heteroatoms. The summed E-state index contributed by atoms with van der Waals surface area (Å²) in [7, 11) is -3.26. The molecule has 1 aliphatic carbocycles. The van der Waals surface area contributed by atoms with Crippen molar-refractivity contribution in [3.8, 4) is 17.2 Å². The zero-order valence-electron chi connectivity index (χ0n) is 14.8. The SMILES string of the molecule is C1=CC([Si](Oc2ccccc2)(Oc2ccccc2)Oc2ccccc2)C=C1. The maximum Gasteiger partial charge on any atom is 0.710 e. The van der Waals surface area contributed by atoms with Crippen LogP contribution in [-0.2, 0) is 0 Å². The van der Waals surface area contributed by atoms with Gasteiger partial charge in [0.15, 0.2) is 0 Å². The Hall–Kier alpha value is -3.24. The van der Waals surface area contributed by atoms with Crippen molar-refractivity contribution in [2.45, 2.75) is 5.54 Å². The van der Waals surface area contributed by atoms with Gasteiger partial charge in [0, 0.05) is 0 Å². The lowest BCUT2D eigenvalue weighted by molar-refractivity contribution is 0.257. The molecule has 3 nitrogen and oxygen atoms in total. The number of benzene rings is 3. The van der Waals surface area contributed by atoms with Crippen LogP contribution in [0.15, 0.2) is 115 Å². The Morgan fingerprint density at radius 2 is 0.815 bits per heavy atom. The summed E-state index contributed by atoms with van der Waals surface area (Å²) in [6.45, 7) is 0. The minimum Gasteiger partial charge on any atom is -0.483 e. The van der Waals surface area contributed by atoms with Crippen LogP contribution in [0.5, 0.6) is 17.2 Å². The smallest absolute Gasteiger partial charge is 0.483 e. The van der Waals surface area contributed by atoms with Crippen LogP contribution in [0.25, 0.3) is 0 Å². The van der Waals surface area contributed by atoms with Gasteiger partial charge in [0.2, 0.25) is 0 Å². The first kappa shape index (κ1) is 17.2. The third kappa shape index (κ3) is 4.12. The van der Waals surface area contributed by atoms with Gasteiger partial charge >= 0.3 is 8.80 Å². The van der Waals surface area contributed by atoms with E-state index in [2.05, 4.69) is 12.2 Å². The van der Waals surface area contributed by atoms with Crippen LogP contribution in [0.3, 0.4) is 0 Å². The summed E-state index contributed by atoms with van der Waals surface area (Å²) < 4.78 is 19.5. The van der Waals surface area contributed by atoms with Gasteiger partial charge in [-0.2, -0.15) is 0 Å². The quantitative estimate of drug-likeness (QED) is 0.501. The van der Waals surface area contributed by atoms with E-state index < -0.39 is 8.80 Å². The molecule has 27 heavy (non-hydrogen) atoms. The van der Waals surface area contributed by atoms with Gasteiger partial charge < -0.3 is 13.3 Å². The summed E-state index contributed by atoms with van der Waals surface area (Å²) in [4.78, 5) is 0. The Bertz CT molecular complexity index is 795. The second kappa shape index (κ2) is 7.97. The molecule has 0 atom stereocenters. The molecule has 0 aliphatic heterocycles. The van der Waals surface area contributed by atoms with Crippen molar-refractivity contribution in [3.05, 3.63) is 115 Å². The summed E-state index contributed by atoms with van der Waals surface area (Å²) in [5.74, 6) is 2.18. The molecular weight excluding hydrogens is 352 g/mol. The molecule has 3 aromatic rings. The lowest BCUT2D eigenvalue weighted by atomic mass is 10.3. The van der Waals surface area contributed by atoms with Crippen LogP contribution in [-0.4, -0.2) is 8.80 Å². The molecule has 0 bridgehead atoms. The summed E-state index contributed by atoms with van der Waals surface area (Å²) in [5, 5.41) is 0. The van der Waals surface area contributed by atoms with Crippen LogP contribution in [0.1, 0.15) is 0 Å². The highest BCUT2D eigenvalue weighted by molar-refractivity contribution is 6.66.